The Kier molecular flexibility index (Phi) is 7.23. The Morgan fingerprint density at radius 2 is 1.89 bits per heavy atom. The minimum Gasteiger partial charge on any atom is -0.492 e. The standard InChI is InChI=1S/C28H26BrN5O3/c1-3-36-24-10-5-4-9-23(24)33-27(35)25-18(2)32-28-30-17-31-34(28)26(25)20-11-13-22(14-12-20)37-16-19-7-6-8-21(29)15-19/h4-15,17,26H,3,16H2,1-2H3,(H,33,35)(H,30,31,32). The Bertz CT molecular complexity index is 1450. The lowest BCUT2D eigenvalue weighted by Crippen LogP contribution is -2.31. The molecule has 0 spiro atoms. The molecule has 1 aliphatic rings. The molecule has 4 aromatic rings. The number of hydrogen-bond acceptors (Lipinski definition) is 6. The summed E-state index contributed by atoms with van der Waals surface area (Å²) in [4.78, 5) is 18.0. The van der Waals surface area contributed by atoms with Gasteiger partial charge in [0.2, 0.25) is 5.95 Å². The van der Waals surface area contributed by atoms with E-state index in [4.69, 9.17) is 9.47 Å². The molecule has 8 nitrogen and oxygen atoms in total. The van der Waals surface area contributed by atoms with E-state index in [1.54, 1.807) is 4.68 Å². The van der Waals surface area contributed by atoms with Gasteiger partial charge in [-0.05, 0) is 61.4 Å². The Morgan fingerprint density at radius 3 is 2.68 bits per heavy atom. The number of ether oxygens (including phenoxy) is 2. The number of hydrogen-bond donors (Lipinski definition) is 2. The second-order valence-electron chi connectivity index (χ2n) is 8.47. The summed E-state index contributed by atoms with van der Waals surface area (Å²) in [6.45, 7) is 4.72. The van der Waals surface area contributed by atoms with Crippen LogP contribution >= 0.6 is 15.9 Å². The number of allylic oxidation sites excluding steroid dienone is 1. The van der Waals surface area contributed by atoms with Gasteiger partial charge in [-0.1, -0.05) is 52.3 Å². The van der Waals surface area contributed by atoms with Gasteiger partial charge >= 0.3 is 0 Å². The predicted molar refractivity (Wildman–Crippen MR) is 146 cm³/mol. The molecule has 0 saturated carbocycles. The molecular weight excluding hydrogens is 534 g/mol. The summed E-state index contributed by atoms with van der Waals surface area (Å²) in [7, 11) is 0. The number of benzene rings is 3. The number of rotatable bonds is 8. The zero-order chi connectivity index (χ0) is 25.8. The Labute approximate surface area is 223 Å². The van der Waals surface area contributed by atoms with E-state index in [9.17, 15) is 4.79 Å². The highest BCUT2D eigenvalue weighted by atomic mass is 79.9. The van der Waals surface area contributed by atoms with Crippen LogP contribution in [0, 0.1) is 0 Å². The SMILES string of the molecule is CCOc1ccccc1NC(=O)C1=C(C)Nc2ncnn2C1c1ccc(OCc2cccc(Br)c2)cc1. The number of nitrogens with zero attached hydrogens (tertiary/aromatic N) is 3. The number of anilines is 2. The van der Waals surface area contributed by atoms with Gasteiger partial charge in [0.05, 0.1) is 17.9 Å². The number of amides is 1. The quantitative estimate of drug-likeness (QED) is 0.277. The van der Waals surface area contributed by atoms with Crippen molar-refractivity contribution < 1.29 is 14.3 Å². The highest BCUT2D eigenvalue weighted by Gasteiger charge is 2.33. The summed E-state index contributed by atoms with van der Waals surface area (Å²) < 4.78 is 14.4. The van der Waals surface area contributed by atoms with Crippen LogP contribution in [0.2, 0.25) is 0 Å². The maximum atomic E-state index is 13.6. The first-order chi connectivity index (χ1) is 18.0. The van der Waals surface area contributed by atoms with Crippen LogP contribution in [-0.2, 0) is 11.4 Å². The molecule has 188 valence electrons. The Morgan fingerprint density at radius 1 is 1.08 bits per heavy atom. The van der Waals surface area contributed by atoms with Gasteiger partial charge in [-0.15, -0.1) is 0 Å². The Hall–Kier alpha value is -4.11. The summed E-state index contributed by atoms with van der Waals surface area (Å²) in [6.07, 6.45) is 1.48. The molecule has 9 heteroatoms. The highest BCUT2D eigenvalue weighted by Crippen LogP contribution is 2.36. The summed E-state index contributed by atoms with van der Waals surface area (Å²) >= 11 is 3.49. The molecule has 0 aliphatic carbocycles. The van der Waals surface area contributed by atoms with Crippen LogP contribution in [0.3, 0.4) is 0 Å². The zero-order valence-electron chi connectivity index (χ0n) is 20.4. The smallest absolute Gasteiger partial charge is 0.255 e. The van der Waals surface area contributed by atoms with E-state index in [1.807, 2.05) is 86.6 Å². The average molecular weight is 560 g/mol. The summed E-state index contributed by atoms with van der Waals surface area (Å²) in [5.74, 6) is 1.67. The topological polar surface area (TPSA) is 90.3 Å². The number of fused-ring (bicyclic) bond motifs is 1. The second-order valence-corrected chi connectivity index (χ2v) is 9.38. The van der Waals surface area contributed by atoms with Gasteiger partial charge in [-0.3, -0.25) is 4.79 Å². The van der Waals surface area contributed by atoms with Crippen molar-refractivity contribution in [2.75, 3.05) is 17.2 Å². The van der Waals surface area contributed by atoms with Gasteiger partial charge in [0.1, 0.15) is 30.5 Å². The van der Waals surface area contributed by atoms with Crippen molar-refractivity contribution in [1.29, 1.82) is 0 Å². The molecule has 1 aromatic heterocycles. The number of nitrogens with one attached hydrogen (secondary N) is 2. The summed E-state index contributed by atoms with van der Waals surface area (Å²) in [6, 6.07) is 22.6. The van der Waals surface area contributed by atoms with Gasteiger partial charge in [-0.2, -0.15) is 10.1 Å². The lowest BCUT2D eigenvalue weighted by molar-refractivity contribution is -0.113. The molecule has 1 unspecified atom stereocenters. The number of para-hydroxylation sites is 2. The van der Waals surface area contributed by atoms with E-state index < -0.39 is 6.04 Å². The third kappa shape index (κ3) is 5.36. The molecule has 5 rings (SSSR count). The molecule has 0 bridgehead atoms. The van der Waals surface area contributed by atoms with Crippen molar-refractivity contribution in [2.45, 2.75) is 26.5 Å². The monoisotopic (exact) mass is 559 g/mol. The van der Waals surface area contributed by atoms with Gasteiger partial charge in [0.15, 0.2) is 0 Å². The summed E-state index contributed by atoms with van der Waals surface area (Å²) in [5.41, 5.74) is 3.78. The van der Waals surface area contributed by atoms with Crippen molar-refractivity contribution in [1.82, 2.24) is 14.8 Å². The fraction of sp³-hybridized carbons (Fsp3) is 0.179. The third-order valence-electron chi connectivity index (χ3n) is 5.96. The van der Waals surface area contributed by atoms with Crippen molar-refractivity contribution >= 4 is 33.5 Å². The zero-order valence-corrected chi connectivity index (χ0v) is 22.0. The maximum absolute atomic E-state index is 13.6. The normalized spacial score (nSPS) is 14.5. The molecule has 1 aliphatic heterocycles. The van der Waals surface area contributed by atoms with Gasteiger partial charge in [0.25, 0.3) is 5.91 Å². The van der Waals surface area contributed by atoms with Crippen molar-refractivity contribution in [3.63, 3.8) is 0 Å². The second kappa shape index (κ2) is 10.9. The van der Waals surface area contributed by atoms with E-state index in [1.165, 1.54) is 6.33 Å². The molecule has 2 N–H and O–H groups in total. The first kappa shape index (κ1) is 24.6. The van der Waals surface area contributed by atoms with Gasteiger partial charge in [-0.25, -0.2) is 4.68 Å². The molecule has 0 radical (unpaired) electrons. The van der Waals surface area contributed by atoms with Gasteiger partial charge < -0.3 is 20.1 Å². The van der Waals surface area contributed by atoms with Crippen LogP contribution in [0.5, 0.6) is 11.5 Å². The van der Waals surface area contributed by atoms with E-state index >= 15 is 0 Å². The van der Waals surface area contributed by atoms with E-state index in [2.05, 4.69) is 36.6 Å². The minimum absolute atomic E-state index is 0.252. The molecule has 3 aromatic carbocycles. The van der Waals surface area contributed by atoms with Crippen LogP contribution in [0.1, 0.15) is 31.0 Å². The van der Waals surface area contributed by atoms with E-state index in [0.717, 1.165) is 21.3 Å². The van der Waals surface area contributed by atoms with Crippen molar-refractivity contribution in [3.05, 3.63) is 106 Å². The number of carbonyl (C=O) groups is 1. The number of carbonyl (C=O) groups excluding carboxylic acids is 1. The molecule has 1 amide bonds. The highest BCUT2D eigenvalue weighted by molar-refractivity contribution is 9.10. The fourth-order valence-corrected chi connectivity index (χ4v) is 4.72. The van der Waals surface area contributed by atoms with Crippen LogP contribution in [-0.4, -0.2) is 27.3 Å². The molecule has 0 fully saturated rings. The number of halogens is 1. The van der Waals surface area contributed by atoms with Crippen LogP contribution in [0.4, 0.5) is 11.6 Å². The minimum atomic E-state index is -0.475. The molecule has 2 heterocycles. The maximum Gasteiger partial charge on any atom is 0.255 e. The summed E-state index contributed by atoms with van der Waals surface area (Å²) in [5, 5.41) is 10.6. The fourth-order valence-electron chi connectivity index (χ4n) is 4.27. The molecule has 0 saturated heterocycles. The number of aromatic nitrogens is 3. The van der Waals surface area contributed by atoms with Gasteiger partial charge in [0, 0.05) is 10.2 Å². The largest absolute Gasteiger partial charge is 0.492 e. The first-order valence-corrected chi connectivity index (χ1v) is 12.7. The molecule has 37 heavy (non-hydrogen) atoms. The van der Waals surface area contributed by atoms with Crippen LogP contribution < -0.4 is 20.1 Å². The van der Waals surface area contributed by atoms with Crippen LogP contribution in [0.25, 0.3) is 0 Å². The lowest BCUT2D eigenvalue weighted by atomic mass is 9.95. The lowest BCUT2D eigenvalue weighted by Gasteiger charge is -2.29. The van der Waals surface area contributed by atoms with Crippen molar-refractivity contribution in [2.24, 2.45) is 0 Å². The van der Waals surface area contributed by atoms with E-state index in [-0.39, 0.29) is 5.91 Å². The first-order valence-electron chi connectivity index (χ1n) is 11.9. The molecule has 1 atom stereocenters. The average Bonchev–Trinajstić information content (AvgIpc) is 3.36. The van der Waals surface area contributed by atoms with Crippen LogP contribution in [0.15, 0.2) is 94.9 Å². The third-order valence-corrected chi connectivity index (χ3v) is 6.46. The van der Waals surface area contributed by atoms with Crippen molar-refractivity contribution in [3.8, 4) is 11.5 Å². The van der Waals surface area contributed by atoms with E-state index in [0.29, 0.717) is 41.9 Å². The molecular formula is C28H26BrN5O3. The predicted octanol–water partition coefficient (Wildman–Crippen LogP) is 5.95. The Balaban J connectivity index is 1.41.